The summed E-state index contributed by atoms with van der Waals surface area (Å²) < 4.78 is 11.5. The van der Waals surface area contributed by atoms with Crippen LogP contribution in [-0.2, 0) is 4.79 Å². The summed E-state index contributed by atoms with van der Waals surface area (Å²) in [6.45, 7) is 2.39. The molecule has 180 valence electrons. The first-order valence-electron chi connectivity index (χ1n) is 10.9. The summed E-state index contributed by atoms with van der Waals surface area (Å²) >= 11 is 3.32. The molecule has 0 unspecified atom stereocenters. The Morgan fingerprint density at radius 3 is 2.31 bits per heavy atom. The number of nitrogens with one attached hydrogen (secondary N) is 2. The van der Waals surface area contributed by atoms with Crippen LogP contribution in [0.5, 0.6) is 11.5 Å². The van der Waals surface area contributed by atoms with Gasteiger partial charge < -0.3 is 14.8 Å². The van der Waals surface area contributed by atoms with Crippen LogP contribution in [0.25, 0.3) is 0 Å². The molecular formula is C26H24BrN3O5. The Morgan fingerprint density at radius 1 is 0.943 bits per heavy atom. The van der Waals surface area contributed by atoms with E-state index in [4.69, 9.17) is 9.47 Å². The minimum absolute atomic E-state index is 0.228. The molecule has 0 aromatic heterocycles. The van der Waals surface area contributed by atoms with E-state index in [0.29, 0.717) is 39.3 Å². The van der Waals surface area contributed by atoms with E-state index in [-0.39, 0.29) is 12.5 Å². The molecule has 0 aliphatic heterocycles. The zero-order chi connectivity index (χ0) is 25.0. The van der Waals surface area contributed by atoms with Gasteiger partial charge >= 0.3 is 5.97 Å². The lowest BCUT2D eigenvalue weighted by molar-refractivity contribution is -0.120. The topological polar surface area (TPSA) is 106 Å². The molecule has 0 fully saturated rings. The molecule has 0 saturated carbocycles. The summed E-state index contributed by atoms with van der Waals surface area (Å²) in [6, 6.07) is 20.3. The highest BCUT2D eigenvalue weighted by Gasteiger charge is 2.12. The van der Waals surface area contributed by atoms with E-state index < -0.39 is 11.9 Å². The van der Waals surface area contributed by atoms with Gasteiger partial charge in [0.05, 0.1) is 24.9 Å². The van der Waals surface area contributed by atoms with E-state index in [1.807, 2.05) is 13.0 Å². The fourth-order valence-electron chi connectivity index (χ4n) is 2.81. The lowest BCUT2D eigenvalue weighted by Gasteiger charge is -2.07. The van der Waals surface area contributed by atoms with E-state index in [9.17, 15) is 14.4 Å². The number of esters is 1. The van der Waals surface area contributed by atoms with Gasteiger partial charge in [-0.05, 0) is 88.6 Å². The maximum absolute atomic E-state index is 12.3. The fourth-order valence-corrected chi connectivity index (χ4v) is 3.26. The number of carbonyl (C=O) groups excluding carboxylic acids is 3. The number of nitrogens with zero attached hydrogens (tertiary/aromatic N) is 1. The van der Waals surface area contributed by atoms with Crippen molar-refractivity contribution in [3.05, 3.63) is 94.0 Å². The first-order chi connectivity index (χ1) is 17.0. The minimum Gasteiger partial charge on any atom is -0.494 e. The Hall–Kier alpha value is -3.98. The monoisotopic (exact) mass is 537 g/mol. The Balaban J connectivity index is 1.42. The number of rotatable bonds is 10. The van der Waals surface area contributed by atoms with Crippen molar-refractivity contribution in [3.63, 3.8) is 0 Å². The Labute approximate surface area is 211 Å². The third-order valence-electron chi connectivity index (χ3n) is 4.59. The normalized spacial score (nSPS) is 10.6. The molecule has 0 spiro atoms. The second-order valence-electron chi connectivity index (χ2n) is 7.29. The van der Waals surface area contributed by atoms with Crippen molar-refractivity contribution >= 4 is 39.9 Å². The van der Waals surface area contributed by atoms with Gasteiger partial charge in [-0.15, -0.1) is 0 Å². The van der Waals surface area contributed by atoms with E-state index in [2.05, 4.69) is 31.8 Å². The van der Waals surface area contributed by atoms with Gasteiger partial charge in [0.2, 0.25) is 0 Å². The van der Waals surface area contributed by atoms with Gasteiger partial charge in [0, 0.05) is 10.0 Å². The molecule has 0 aliphatic rings. The van der Waals surface area contributed by atoms with Crippen LogP contribution in [0.3, 0.4) is 0 Å². The van der Waals surface area contributed by atoms with Gasteiger partial charge in [0.15, 0.2) is 0 Å². The van der Waals surface area contributed by atoms with E-state index >= 15 is 0 Å². The lowest BCUT2D eigenvalue weighted by Crippen LogP contribution is -2.34. The highest BCUT2D eigenvalue weighted by Crippen LogP contribution is 2.19. The van der Waals surface area contributed by atoms with Gasteiger partial charge in [0.1, 0.15) is 11.5 Å². The molecule has 35 heavy (non-hydrogen) atoms. The Bertz CT molecular complexity index is 1190. The highest BCUT2D eigenvalue weighted by molar-refractivity contribution is 9.10. The van der Waals surface area contributed by atoms with E-state index in [1.165, 1.54) is 6.21 Å². The third-order valence-corrected chi connectivity index (χ3v) is 5.28. The first-order valence-corrected chi connectivity index (χ1v) is 11.7. The van der Waals surface area contributed by atoms with Crippen molar-refractivity contribution in [2.75, 3.05) is 13.2 Å². The summed E-state index contributed by atoms with van der Waals surface area (Å²) in [5, 5.41) is 6.41. The second kappa shape index (κ2) is 13.0. The molecule has 2 N–H and O–H groups in total. The quantitative estimate of drug-likeness (QED) is 0.173. The van der Waals surface area contributed by atoms with E-state index in [0.717, 1.165) is 6.42 Å². The van der Waals surface area contributed by atoms with E-state index in [1.54, 1.807) is 66.7 Å². The summed E-state index contributed by atoms with van der Waals surface area (Å²) in [7, 11) is 0. The Morgan fingerprint density at radius 2 is 1.63 bits per heavy atom. The second-order valence-corrected chi connectivity index (χ2v) is 8.14. The summed E-state index contributed by atoms with van der Waals surface area (Å²) in [4.78, 5) is 36.4. The van der Waals surface area contributed by atoms with Crippen LogP contribution in [-0.4, -0.2) is 37.1 Å². The van der Waals surface area contributed by atoms with Crippen molar-refractivity contribution in [1.29, 1.82) is 0 Å². The molecule has 3 aromatic rings. The smallest absolute Gasteiger partial charge is 0.344 e. The zero-order valence-corrected chi connectivity index (χ0v) is 20.6. The van der Waals surface area contributed by atoms with Crippen molar-refractivity contribution < 1.29 is 23.9 Å². The molecule has 9 heteroatoms. The molecule has 0 bridgehead atoms. The molecule has 0 aliphatic carbocycles. The predicted octanol–water partition coefficient (Wildman–Crippen LogP) is 4.34. The predicted molar refractivity (Wildman–Crippen MR) is 136 cm³/mol. The van der Waals surface area contributed by atoms with Gasteiger partial charge in [-0.1, -0.05) is 19.1 Å². The number of hydrogen-bond acceptors (Lipinski definition) is 6. The number of hydrogen-bond donors (Lipinski definition) is 2. The minimum atomic E-state index is -0.478. The molecule has 3 aromatic carbocycles. The molecule has 8 nitrogen and oxygen atoms in total. The number of carbonyl (C=O) groups is 3. The van der Waals surface area contributed by atoms with Crippen molar-refractivity contribution in [1.82, 2.24) is 10.7 Å². The summed E-state index contributed by atoms with van der Waals surface area (Å²) in [6.07, 6.45) is 2.34. The molecule has 0 heterocycles. The van der Waals surface area contributed by atoms with Gasteiger partial charge in [0.25, 0.3) is 11.8 Å². The highest BCUT2D eigenvalue weighted by atomic mass is 79.9. The van der Waals surface area contributed by atoms with Crippen LogP contribution in [0.4, 0.5) is 0 Å². The van der Waals surface area contributed by atoms with Crippen molar-refractivity contribution in [2.45, 2.75) is 13.3 Å². The number of hydrazone groups is 1. The maximum atomic E-state index is 12.3. The number of ether oxygens (including phenoxy) is 2. The van der Waals surface area contributed by atoms with Gasteiger partial charge in [-0.3, -0.25) is 9.59 Å². The molecule has 0 atom stereocenters. The van der Waals surface area contributed by atoms with Crippen LogP contribution in [0.15, 0.2) is 82.4 Å². The first kappa shape index (κ1) is 25.6. The number of benzene rings is 3. The van der Waals surface area contributed by atoms with Crippen LogP contribution in [0, 0.1) is 0 Å². The van der Waals surface area contributed by atoms with Gasteiger partial charge in [-0.25, -0.2) is 10.2 Å². The fraction of sp³-hybridized carbons (Fsp3) is 0.154. The lowest BCUT2D eigenvalue weighted by atomic mass is 10.2. The van der Waals surface area contributed by atoms with Crippen molar-refractivity contribution in [2.24, 2.45) is 5.10 Å². The van der Waals surface area contributed by atoms with Crippen LogP contribution < -0.4 is 20.2 Å². The summed E-state index contributed by atoms with van der Waals surface area (Å²) in [5.74, 6) is -0.269. The SMILES string of the molecule is CCCOc1ccc(C(=O)NCC(=O)N/N=C\c2ccc(OC(=O)c3ccccc3Br)cc2)cc1. The molecule has 3 rings (SSSR count). The maximum Gasteiger partial charge on any atom is 0.344 e. The standard InChI is InChI=1S/C26H24BrN3O5/c1-2-15-34-20-13-9-19(10-14-20)25(32)28-17-24(31)30-29-16-18-7-11-21(12-8-18)35-26(33)22-5-3-4-6-23(22)27/h3-14,16H,2,15,17H2,1H3,(H,28,32)(H,30,31)/b29-16-. The Kier molecular flexibility index (Phi) is 9.56. The van der Waals surface area contributed by atoms with Crippen LogP contribution in [0.2, 0.25) is 0 Å². The van der Waals surface area contributed by atoms with Crippen LogP contribution >= 0.6 is 15.9 Å². The van der Waals surface area contributed by atoms with Gasteiger partial charge in [-0.2, -0.15) is 5.10 Å². The molecule has 2 amide bonds. The van der Waals surface area contributed by atoms with Crippen LogP contribution in [0.1, 0.15) is 39.6 Å². The molecular weight excluding hydrogens is 514 g/mol. The number of amides is 2. The average Bonchev–Trinajstić information content (AvgIpc) is 2.87. The number of halogens is 1. The largest absolute Gasteiger partial charge is 0.494 e. The summed E-state index contributed by atoms with van der Waals surface area (Å²) in [5.41, 5.74) is 3.87. The molecule has 0 radical (unpaired) electrons. The zero-order valence-electron chi connectivity index (χ0n) is 19.0. The van der Waals surface area contributed by atoms with Crippen molar-refractivity contribution in [3.8, 4) is 11.5 Å². The average molecular weight is 538 g/mol. The third kappa shape index (κ3) is 8.08. The molecule has 0 saturated heterocycles.